The van der Waals surface area contributed by atoms with E-state index in [4.69, 9.17) is 9.47 Å². The van der Waals surface area contributed by atoms with Gasteiger partial charge < -0.3 is 19.5 Å². The lowest BCUT2D eigenvalue weighted by Crippen LogP contribution is -2.63. The molecule has 7 heteroatoms. The van der Waals surface area contributed by atoms with Crippen LogP contribution in [0.25, 0.3) is 0 Å². The molecule has 1 atom stereocenters. The molecule has 0 bridgehead atoms. The summed E-state index contributed by atoms with van der Waals surface area (Å²) in [7, 11) is 3.98. The number of aliphatic hydroxyl groups is 1. The van der Waals surface area contributed by atoms with E-state index >= 15 is 0 Å². The Morgan fingerprint density at radius 2 is 1.51 bits per heavy atom. The van der Waals surface area contributed by atoms with Gasteiger partial charge in [0.2, 0.25) is 0 Å². The fourth-order valence-corrected chi connectivity index (χ4v) is 7.02. The molecule has 0 aromatic rings. The zero-order valence-corrected chi connectivity index (χ0v) is 22.6. The summed E-state index contributed by atoms with van der Waals surface area (Å²) in [6.07, 6.45) is 17.0. The van der Waals surface area contributed by atoms with Gasteiger partial charge in [-0.1, -0.05) is 19.3 Å². The van der Waals surface area contributed by atoms with E-state index in [1.807, 2.05) is 7.11 Å². The van der Waals surface area contributed by atoms with E-state index in [1.54, 1.807) is 0 Å². The van der Waals surface area contributed by atoms with Crippen LogP contribution < -0.4 is 16.0 Å². The van der Waals surface area contributed by atoms with Crippen LogP contribution in [0.3, 0.4) is 0 Å². The molecule has 1 saturated heterocycles. The van der Waals surface area contributed by atoms with Gasteiger partial charge in [-0.3, -0.25) is 16.0 Å². The number of methoxy groups -OCH3 is 1. The quantitative estimate of drug-likeness (QED) is 0.352. The first-order chi connectivity index (χ1) is 17.1. The molecule has 35 heavy (non-hydrogen) atoms. The summed E-state index contributed by atoms with van der Waals surface area (Å²) in [4.78, 5) is 2.25. The third-order valence-electron chi connectivity index (χ3n) is 9.48. The van der Waals surface area contributed by atoms with E-state index in [9.17, 15) is 5.11 Å². The molecule has 1 aliphatic heterocycles. The van der Waals surface area contributed by atoms with Gasteiger partial charge in [-0.2, -0.15) is 0 Å². The number of hydrogen-bond acceptors (Lipinski definition) is 7. The molecule has 4 fully saturated rings. The van der Waals surface area contributed by atoms with E-state index in [1.165, 1.54) is 70.6 Å². The molecule has 204 valence electrons. The van der Waals surface area contributed by atoms with Crippen LogP contribution in [0, 0.1) is 17.8 Å². The van der Waals surface area contributed by atoms with E-state index in [0.717, 1.165) is 57.5 Å². The standard InChI is InChI=1S/C28H54N4O3/c1-32(20-27(33)22-6-4-3-5-7-22)16-17-35-26-14-10-24(11-15-26)31-28-29-18-23(19-30-28)21-8-12-25(34-2)13-9-21/h21-31,33H,3-20H2,1-2H3. The minimum Gasteiger partial charge on any atom is -0.392 e. The Hall–Kier alpha value is -0.280. The number of likely N-dealkylation sites (N-methyl/N-ethyl adjacent to an activating group) is 1. The molecule has 4 N–H and O–H groups in total. The van der Waals surface area contributed by atoms with Crippen LogP contribution >= 0.6 is 0 Å². The Bertz CT molecular complexity index is 567. The molecular weight excluding hydrogens is 440 g/mol. The monoisotopic (exact) mass is 494 g/mol. The fraction of sp³-hybridized carbons (Fsp3) is 1.00. The second-order valence-electron chi connectivity index (χ2n) is 12.0. The molecule has 0 amide bonds. The van der Waals surface area contributed by atoms with Crippen molar-refractivity contribution in [3.63, 3.8) is 0 Å². The zero-order valence-electron chi connectivity index (χ0n) is 22.6. The van der Waals surface area contributed by atoms with Crippen molar-refractivity contribution < 1.29 is 14.6 Å². The second-order valence-corrected chi connectivity index (χ2v) is 12.0. The number of ether oxygens (including phenoxy) is 2. The third-order valence-corrected chi connectivity index (χ3v) is 9.48. The van der Waals surface area contributed by atoms with Gasteiger partial charge in [0.15, 0.2) is 0 Å². The number of rotatable bonds is 11. The minimum atomic E-state index is -0.176. The van der Waals surface area contributed by atoms with Crippen molar-refractivity contribution in [2.75, 3.05) is 46.9 Å². The van der Waals surface area contributed by atoms with Crippen molar-refractivity contribution in [3.8, 4) is 0 Å². The molecule has 4 rings (SSSR count). The van der Waals surface area contributed by atoms with Crippen LogP contribution in [0.1, 0.15) is 83.5 Å². The first-order valence-corrected chi connectivity index (χ1v) is 14.8. The van der Waals surface area contributed by atoms with Crippen LogP contribution in [-0.4, -0.2) is 87.6 Å². The van der Waals surface area contributed by atoms with Crippen LogP contribution in [0.5, 0.6) is 0 Å². The van der Waals surface area contributed by atoms with Crippen molar-refractivity contribution in [2.24, 2.45) is 17.8 Å². The van der Waals surface area contributed by atoms with Gasteiger partial charge in [-0.25, -0.2) is 0 Å². The van der Waals surface area contributed by atoms with E-state index < -0.39 is 0 Å². The van der Waals surface area contributed by atoms with E-state index in [2.05, 4.69) is 27.9 Å². The highest BCUT2D eigenvalue weighted by molar-refractivity contribution is 4.87. The smallest absolute Gasteiger partial charge is 0.112 e. The number of nitrogens with zero attached hydrogens (tertiary/aromatic N) is 1. The highest BCUT2D eigenvalue weighted by Crippen LogP contribution is 2.32. The maximum absolute atomic E-state index is 10.6. The molecule has 1 heterocycles. The maximum Gasteiger partial charge on any atom is 0.112 e. The summed E-state index contributed by atoms with van der Waals surface area (Å²) < 4.78 is 11.8. The Kier molecular flexibility index (Phi) is 11.6. The van der Waals surface area contributed by atoms with Crippen molar-refractivity contribution >= 4 is 0 Å². The molecule has 3 aliphatic carbocycles. The number of hydrogen-bond donors (Lipinski definition) is 4. The summed E-state index contributed by atoms with van der Waals surface area (Å²) >= 11 is 0. The lowest BCUT2D eigenvalue weighted by molar-refractivity contribution is 0.00129. The zero-order chi connectivity index (χ0) is 24.5. The predicted molar refractivity (Wildman–Crippen MR) is 141 cm³/mol. The average molecular weight is 495 g/mol. The number of aliphatic hydroxyl groups excluding tert-OH is 1. The summed E-state index contributed by atoms with van der Waals surface area (Å²) in [6, 6.07) is 0.571. The van der Waals surface area contributed by atoms with Crippen LogP contribution in [-0.2, 0) is 9.47 Å². The van der Waals surface area contributed by atoms with Gasteiger partial charge in [0.05, 0.1) is 24.9 Å². The van der Waals surface area contributed by atoms with Crippen LogP contribution in [0.2, 0.25) is 0 Å². The first-order valence-electron chi connectivity index (χ1n) is 14.8. The molecule has 3 saturated carbocycles. The largest absolute Gasteiger partial charge is 0.392 e. The van der Waals surface area contributed by atoms with Gasteiger partial charge in [-0.15, -0.1) is 0 Å². The molecule has 0 spiro atoms. The van der Waals surface area contributed by atoms with Crippen molar-refractivity contribution in [3.05, 3.63) is 0 Å². The fourth-order valence-electron chi connectivity index (χ4n) is 7.02. The topological polar surface area (TPSA) is 78.0 Å². The Labute approximate surface area is 214 Å². The average Bonchev–Trinajstić information content (AvgIpc) is 2.91. The van der Waals surface area contributed by atoms with Crippen molar-refractivity contribution in [1.82, 2.24) is 20.9 Å². The predicted octanol–water partition coefficient (Wildman–Crippen LogP) is 3.07. The summed E-state index contributed by atoms with van der Waals surface area (Å²) in [5, 5.41) is 21.8. The normalized spacial score (nSPS) is 36.3. The molecule has 1 unspecified atom stereocenters. The van der Waals surface area contributed by atoms with Gasteiger partial charge in [0.1, 0.15) is 6.29 Å². The molecular formula is C28H54N4O3. The first kappa shape index (κ1) is 27.7. The second kappa shape index (κ2) is 14.6. The van der Waals surface area contributed by atoms with E-state index in [0.29, 0.717) is 24.2 Å². The highest BCUT2D eigenvalue weighted by atomic mass is 16.5. The molecule has 0 aromatic carbocycles. The Morgan fingerprint density at radius 3 is 2.17 bits per heavy atom. The molecule has 4 aliphatic rings. The van der Waals surface area contributed by atoms with Crippen molar-refractivity contribution in [2.45, 2.75) is 114 Å². The molecule has 7 nitrogen and oxygen atoms in total. The lowest BCUT2D eigenvalue weighted by Gasteiger charge is -2.40. The third kappa shape index (κ3) is 8.91. The SMILES string of the molecule is COC1CCC(C2CNC(NC3CCC(OCCN(C)CC(O)C4CCCCC4)CC3)NC2)CC1. The summed E-state index contributed by atoms with van der Waals surface area (Å²) in [6.45, 7) is 4.70. The Morgan fingerprint density at radius 1 is 0.857 bits per heavy atom. The van der Waals surface area contributed by atoms with E-state index in [-0.39, 0.29) is 12.4 Å². The molecule has 0 aromatic heterocycles. The summed E-state index contributed by atoms with van der Waals surface area (Å²) in [5.41, 5.74) is 0. The van der Waals surface area contributed by atoms with Crippen molar-refractivity contribution in [1.29, 1.82) is 0 Å². The Balaban J connectivity index is 1.03. The highest BCUT2D eigenvalue weighted by Gasteiger charge is 2.32. The summed E-state index contributed by atoms with van der Waals surface area (Å²) in [5.74, 6) is 2.09. The van der Waals surface area contributed by atoms with Gasteiger partial charge in [0.25, 0.3) is 0 Å². The lowest BCUT2D eigenvalue weighted by atomic mass is 9.78. The number of nitrogens with one attached hydrogen (secondary N) is 3. The van der Waals surface area contributed by atoms with Gasteiger partial charge in [0, 0.05) is 39.3 Å². The molecule has 0 radical (unpaired) electrons. The van der Waals surface area contributed by atoms with Crippen LogP contribution in [0.4, 0.5) is 0 Å². The minimum absolute atomic E-state index is 0.176. The maximum atomic E-state index is 10.6. The van der Waals surface area contributed by atoms with Crippen LogP contribution in [0.15, 0.2) is 0 Å². The van der Waals surface area contributed by atoms with Gasteiger partial charge >= 0.3 is 0 Å². The van der Waals surface area contributed by atoms with Gasteiger partial charge in [-0.05, 0) is 89.0 Å².